The third kappa shape index (κ3) is 5.88. The maximum absolute atomic E-state index is 12.9. The highest BCUT2D eigenvalue weighted by Gasteiger charge is 2.32. The molecule has 0 saturated heterocycles. The van der Waals surface area contributed by atoms with Gasteiger partial charge in [0.2, 0.25) is 15.9 Å². The average molecular weight is 444 g/mol. The molecule has 2 aromatic carbocycles. The summed E-state index contributed by atoms with van der Waals surface area (Å²) in [5, 5.41) is 2.54. The molecule has 0 aliphatic heterocycles. The van der Waals surface area contributed by atoms with Crippen molar-refractivity contribution in [1.82, 2.24) is 5.32 Å². The quantitative estimate of drug-likeness (QED) is 0.676. The Labute approximate surface area is 173 Å². The zero-order chi connectivity index (χ0) is 22.5. The highest BCUT2D eigenvalue weighted by molar-refractivity contribution is 7.92. The molecule has 1 amide bonds. The Morgan fingerprint density at radius 1 is 1.17 bits per heavy atom. The first-order valence-corrected chi connectivity index (χ1v) is 10.9. The van der Waals surface area contributed by atoms with E-state index in [1.807, 2.05) is 0 Å². The summed E-state index contributed by atoms with van der Waals surface area (Å²) in [6, 6.07) is 9.69. The fourth-order valence-electron chi connectivity index (χ4n) is 2.95. The van der Waals surface area contributed by atoms with Crippen LogP contribution in [0.3, 0.4) is 0 Å². The largest absolute Gasteiger partial charge is 0.497 e. The second-order valence-corrected chi connectivity index (χ2v) is 8.46. The fourth-order valence-corrected chi connectivity index (χ4v) is 4.17. The average Bonchev–Trinajstić information content (AvgIpc) is 2.69. The molecule has 0 heterocycles. The number of rotatable bonds is 8. The van der Waals surface area contributed by atoms with Gasteiger partial charge < -0.3 is 10.1 Å². The summed E-state index contributed by atoms with van der Waals surface area (Å²) < 4.78 is 69.5. The van der Waals surface area contributed by atoms with Gasteiger partial charge in [0.25, 0.3) is 0 Å². The van der Waals surface area contributed by atoms with Crippen molar-refractivity contribution in [2.45, 2.75) is 32.1 Å². The number of hydrogen-bond acceptors (Lipinski definition) is 4. The topological polar surface area (TPSA) is 75.7 Å². The van der Waals surface area contributed by atoms with Crippen molar-refractivity contribution in [1.29, 1.82) is 0 Å². The van der Waals surface area contributed by atoms with Gasteiger partial charge in [-0.2, -0.15) is 13.2 Å². The number of benzene rings is 2. The molecule has 0 spiro atoms. The minimum absolute atomic E-state index is 0.160. The Kier molecular flexibility index (Phi) is 7.35. The Morgan fingerprint density at radius 2 is 1.80 bits per heavy atom. The predicted molar refractivity (Wildman–Crippen MR) is 108 cm³/mol. The molecule has 1 N–H and O–H groups in total. The van der Waals surface area contributed by atoms with Gasteiger partial charge in [-0.3, -0.25) is 9.10 Å². The lowest BCUT2D eigenvalue weighted by molar-refractivity contribution is -0.137. The van der Waals surface area contributed by atoms with Crippen LogP contribution in [0.1, 0.15) is 24.5 Å². The molecule has 1 atom stereocenters. The number of ether oxygens (including phenoxy) is 1. The van der Waals surface area contributed by atoms with E-state index < -0.39 is 33.7 Å². The monoisotopic (exact) mass is 444 g/mol. The molecule has 0 aliphatic carbocycles. The summed E-state index contributed by atoms with van der Waals surface area (Å²) in [6.07, 6.45) is -3.35. The Bertz CT molecular complexity index is 976. The fraction of sp³-hybridized carbons (Fsp3) is 0.350. The number of carbonyl (C=O) groups excluding carboxylic acids is 1. The van der Waals surface area contributed by atoms with Crippen LogP contribution in [0.2, 0.25) is 0 Å². The lowest BCUT2D eigenvalue weighted by Crippen LogP contribution is -2.49. The van der Waals surface area contributed by atoms with Gasteiger partial charge in [-0.05, 0) is 48.4 Å². The van der Waals surface area contributed by atoms with E-state index in [-0.39, 0.29) is 24.2 Å². The molecule has 0 saturated carbocycles. The molecule has 10 heteroatoms. The molecule has 2 rings (SSSR count). The van der Waals surface area contributed by atoms with Gasteiger partial charge in [-0.1, -0.05) is 19.1 Å². The van der Waals surface area contributed by atoms with Crippen molar-refractivity contribution < 1.29 is 31.1 Å². The molecule has 0 aliphatic rings. The van der Waals surface area contributed by atoms with E-state index in [9.17, 15) is 26.4 Å². The maximum atomic E-state index is 12.9. The third-order valence-corrected chi connectivity index (χ3v) is 5.56. The van der Waals surface area contributed by atoms with Crippen LogP contribution < -0.4 is 14.4 Å². The molecule has 0 aromatic heterocycles. The second kappa shape index (κ2) is 9.38. The van der Waals surface area contributed by atoms with Crippen molar-refractivity contribution in [3.05, 3.63) is 59.7 Å². The second-order valence-electron chi connectivity index (χ2n) is 6.60. The molecule has 164 valence electrons. The molecule has 0 bridgehead atoms. The molecular weight excluding hydrogens is 421 g/mol. The van der Waals surface area contributed by atoms with Crippen molar-refractivity contribution in [2.75, 3.05) is 17.7 Å². The minimum atomic E-state index is -4.49. The molecule has 30 heavy (non-hydrogen) atoms. The van der Waals surface area contributed by atoms with Crippen molar-refractivity contribution in [2.24, 2.45) is 0 Å². The van der Waals surface area contributed by atoms with E-state index in [0.29, 0.717) is 5.75 Å². The number of methoxy groups -OCH3 is 1. The summed E-state index contributed by atoms with van der Waals surface area (Å²) in [6.45, 7) is 1.48. The van der Waals surface area contributed by atoms with Crippen LogP contribution in [-0.4, -0.2) is 33.7 Å². The van der Waals surface area contributed by atoms with E-state index in [4.69, 9.17) is 4.74 Å². The van der Waals surface area contributed by atoms with Crippen molar-refractivity contribution >= 4 is 21.6 Å². The van der Waals surface area contributed by atoms with Crippen LogP contribution in [0.15, 0.2) is 48.5 Å². The number of anilines is 1. The molecule has 0 fully saturated rings. The number of hydrogen-bond donors (Lipinski definition) is 1. The van der Waals surface area contributed by atoms with Gasteiger partial charge in [-0.15, -0.1) is 0 Å². The number of halogens is 3. The zero-order valence-corrected chi connectivity index (χ0v) is 17.5. The van der Waals surface area contributed by atoms with E-state index >= 15 is 0 Å². The Hall–Kier alpha value is -2.75. The van der Waals surface area contributed by atoms with Gasteiger partial charge in [-0.25, -0.2) is 8.42 Å². The number of carbonyl (C=O) groups is 1. The molecule has 0 radical (unpaired) electrons. The van der Waals surface area contributed by atoms with Crippen LogP contribution in [0.25, 0.3) is 0 Å². The molecule has 6 nitrogen and oxygen atoms in total. The number of sulfonamides is 1. The first-order valence-electron chi connectivity index (χ1n) is 9.04. The van der Waals surface area contributed by atoms with Crippen molar-refractivity contribution in [3.63, 3.8) is 0 Å². The van der Waals surface area contributed by atoms with Gasteiger partial charge in [0.15, 0.2) is 0 Å². The van der Waals surface area contributed by atoms with E-state index in [2.05, 4.69) is 5.32 Å². The normalized spacial score (nSPS) is 12.9. The lowest BCUT2D eigenvalue weighted by Gasteiger charge is -2.30. The summed E-state index contributed by atoms with van der Waals surface area (Å²) in [4.78, 5) is 12.7. The van der Waals surface area contributed by atoms with Crippen molar-refractivity contribution in [3.8, 4) is 5.75 Å². The number of nitrogens with zero attached hydrogens (tertiary/aromatic N) is 1. The number of alkyl halides is 3. The van der Waals surface area contributed by atoms with Crippen LogP contribution in [-0.2, 0) is 27.5 Å². The number of amides is 1. The Morgan fingerprint density at radius 3 is 2.30 bits per heavy atom. The lowest BCUT2D eigenvalue weighted by atomic mass is 10.1. The third-order valence-electron chi connectivity index (χ3n) is 4.38. The maximum Gasteiger partial charge on any atom is 0.416 e. The van der Waals surface area contributed by atoms with Gasteiger partial charge in [0, 0.05) is 6.54 Å². The first-order chi connectivity index (χ1) is 14.0. The van der Waals surface area contributed by atoms with E-state index in [1.54, 1.807) is 19.1 Å². The van der Waals surface area contributed by atoms with Crippen LogP contribution in [0, 0.1) is 0 Å². The van der Waals surface area contributed by atoms with E-state index in [0.717, 1.165) is 22.7 Å². The predicted octanol–water partition coefficient (Wildman–Crippen LogP) is 3.58. The highest BCUT2D eigenvalue weighted by Crippen LogP contribution is 2.29. The van der Waals surface area contributed by atoms with Crippen LogP contribution in [0.4, 0.5) is 18.9 Å². The highest BCUT2D eigenvalue weighted by atomic mass is 32.2. The summed E-state index contributed by atoms with van der Waals surface area (Å²) >= 11 is 0. The van der Waals surface area contributed by atoms with Gasteiger partial charge >= 0.3 is 6.18 Å². The smallest absolute Gasteiger partial charge is 0.416 e. The first kappa shape index (κ1) is 23.5. The number of nitrogens with one attached hydrogen (secondary N) is 1. The molecule has 1 unspecified atom stereocenters. The SMILES string of the molecule is CCC(C(=O)NCc1cccc(C(F)(F)F)c1)N(c1ccc(OC)cc1)S(C)(=O)=O. The summed E-state index contributed by atoms with van der Waals surface area (Å²) in [7, 11) is -2.35. The molecular formula is C20H23F3N2O4S. The summed E-state index contributed by atoms with van der Waals surface area (Å²) in [5.41, 5.74) is -0.292. The Balaban J connectivity index is 2.23. The summed E-state index contributed by atoms with van der Waals surface area (Å²) in [5.74, 6) is -0.0922. The van der Waals surface area contributed by atoms with Crippen LogP contribution >= 0.6 is 0 Å². The molecule has 2 aromatic rings. The van der Waals surface area contributed by atoms with E-state index in [1.165, 1.54) is 31.4 Å². The van der Waals surface area contributed by atoms with Gasteiger partial charge in [0.05, 0.1) is 24.6 Å². The zero-order valence-electron chi connectivity index (χ0n) is 16.7. The van der Waals surface area contributed by atoms with Crippen LogP contribution in [0.5, 0.6) is 5.75 Å². The van der Waals surface area contributed by atoms with Gasteiger partial charge in [0.1, 0.15) is 11.8 Å². The minimum Gasteiger partial charge on any atom is -0.497 e. The standard InChI is InChI=1S/C20H23F3N2O4S/c1-4-18(25(30(3,27)28)16-8-10-17(29-2)11-9-16)19(26)24-13-14-6-5-7-15(12-14)20(21,22)23/h5-12,18H,4,13H2,1-3H3,(H,24,26).